The second-order valence-corrected chi connectivity index (χ2v) is 3.11. The zero-order valence-electron chi connectivity index (χ0n) is 6.26. The summed E-state index contributed by atoms with van der Waals surface area (Å²) in [6.07, 6.45) is 0. The molecule has 1 rings (SSSR count). The SMILES string of the molecule is Br.CNc1nc(C)c(C)s1. The van der Waals surface area contributed by atoms with Gasteiger partial charge in [0.1, 0.15) is 0 Å². The summed E-state index contributed by atoms with van der Waals surface area (Å²) in [5.41, 5.74) is 1.13. The molecular weight excluding hydrogens is 212 g/mol. The normalized spacial score (nSPS) is 8.70. The van der Waals surface area contributed by atoms with Crippen LogP contribution in [0.25, 0.3) is 0 Å². The Labute approximate surface area is 75.4 Å². The van der Waals surface area contributed by atoms with Gasteiger partial charge in [0.15, 0.2) is 5.13 Å². The largest absolute Gasteiger partial charge is 0.365 e. The fourth-order valence-corrected chi connectivity index (χ4v) is 1.35. The number of hydrogen-bond acceptors (Lipinski definition) is 3. The van der Waals surface area contributed by atoms with Crippen LogP contribution < -0.4 is 5.32 Å². The Hall–Kier alpha value is -0.0900. The van der Waals surface area contributed by atoms with E-state index < -0.39 is 0 Å². The van der Waals surface area contributed by atoms with Crippen molar-refractivity contribution in [1.29, 1.82) is 0 Å². The van der Waals surface area contributed by atoms with Gasteiger partial charge in [0.25, 0.3) is 0 Å². The van der Waals surface area contributed by atoms with E-state index in [0.29, 0.717) is 0 Å². The molecule has 0 amide bonds. The lowest BCUT2D eigenvalue weighted by atomic mass is 10.4. The number of rotatable bonds is 1. The number of aryl methyl sites for hydroxylation is 2. The average molecular weight is 223 g/mol. The van der Waals surface area contributed by atoms with Crippen molar-refractivity contribution in [3.63, 3.8) is 0 Å². The predicted molar refractivity (Wildman–Crippen MR) is 51.5 cm³/mol. The molecular formula is C6H11BrN2S. The molecule has 2 nitrogen and oxygen atoms in total. The summed E-state index contributed by atoms with van der Waals surface area (Å²) < 4.78 is 0. The van der Waals surface area contributed by atoms with Gasteiger partial charge in [-0.1, -0.05) is 0 Å². The van der Waals surface area contributed by atoms with Crippen molar-refractivity contribution in [2.24, 2.45) is 0 Å². The Balaban J connectivity index is 0.000000810. The molecule has 0 saturated heterocycles. The predicted octanol–water partition coefficient (Wildman–Crippen LogP) is 2.38. The van der Waals surface area contributed by atoms with E-state index in [4.69, 9.17) is 0 Å². The molecule has 0 aliphatic carbocycles. The summed E-state index contributed by atoms with van der Waals surface area (Å²) in [6, 6.07) is 0. The highest BCUT2D eigenvalue weighted by Crippen LogP contribution is 2.19. The summed E-state index contributed by atoms with van der Waals surface area (Å²) in [5.74, 6) is 0. The second-order valence-electron chi connectivity index (χ2n) is 1.91. The molecule has 0 radical (unpaired) electrons. The van der Waals surface area contributed by atoms with Crippen molar-refractivity contribution in [3.05, 3.63) is 10.6 Å². The van der Waals surface area contributed by atoms with E-state index in [9.17, 15) is 0 Å². The number of halogens is 1. The molecule has 1 aromatic heterocycles. The first-order valence-corrected chi connectivity index (χ1v) is 3.67. The number of hydrogen-bond donors (Lipinski definition) is 1. The van der Waals surface area contributed by atoms with Crippen LogP contribution in [0, 0.1) is 13.8 Å². The molecule has 0 aliphatic heterocycles. The van der Waals surface area contributed by atoms with Gasteiger partial charge >= 0.3 is 0 Å². The standard InChI is InChI=1S/C6H10N2S.BrH/c1-4-5(2)9-6(7-3)8-4;/h1-3H3,(H,7,8);1H. The fraction of sp³-hybridized carbons (Fsp3) is 0.500. The van der Waals surface area contributed by atoms with Gasteiger partial charge in [0, 0.05) is 11.9 Å². The van der Waals surface area contributed by atoms with Crippen LogP contribution in [0.1, 0.15) is 10.6 Å². The summed E-state index contributed by atoms with van der Waals surface area (Å²) >= 11 is 1.69. The van der Waals surface area contributed by atoms with Crippen LogP contribution in [0.15, 0.2) is 0 Å². The lowest BCUT2D eigenvalue weighted by molar-refractivity contribution is 1.22. The van der Waals surface area contributed by atoms with E-state index in [-0.39, 0.29) is 17.0 Å². The average Bonchev–Trinajstić information content (AvgIpc) is 2.13. The highest BCUT2D eigenvalue weighted by molar-refractivity contribution is 8.93. The third-order valence-corrected chi connectivity index (χ3v) is 2.33. The zero-order valence-corrected chi connectivity index (χ0v) is 8.79. The molecule has 10 heavy (non-hydrogen) atoms. The van der Waals surface area contributed by atoms with Gasteiger partial charge in [-0.3, -0.25) is 0 Å². The lowest BCUT2D eigenvalue weighted by Gasteiger charge is -1.85. The molecule has 58 valence electrons. The molecule has 0 unspecified atom stereocenters. The van der Waals surface area contributed by atoms with Crippen molar-refractivity contribution < 1.29 is 0 Å². The molecule has 0 spiro atoms. The quantitative estimate of drug-likeness (QED) is 0.790. The van der Waals surface area contributed by atoms with Crippen LogP contribution in [-0.2, 0) is 0 Å². The van der Waals surface area contributed by atoms with Gasteiger partial charge in [-0.2, -0.15) is 0 Å². The van der Waals surface area contributed by atoms with Crippen LogP contribution in [0.4, 0.5) is 5.13 Å². The summed E-state index contributed by atoms with van der Waals surface area (Å²) in [4.78, 5) is 5.53. The first-order valence-electron chi connectivity index (χ1n) is 2.86. The van der Waals surface area contributed by atoms with Crippen LogP contribution in [-0.4, -0.2) is 12.0 Å². The van der Waals surface area contributed by atoms with Crippen molar-refractivity contribution in [3.8, 4) is 0 Å². The zero-order chi connectivity index (χ0) is 6.85. The van der Waals surface area contributed by atoms with Crippen LogP contribution >= 0.6 is 28.3 Å². The molecule has 0 saturated carbocycles. The van der Waals surface area contributed by atoms with Crippen molar-refractivity contribution >= 4 is 33.4 Å². The number of nitrogens with one attached hydrogen (secondary N) is 1. The highest BCUT2D eigenvalue weighted by Gasteiger charge is 1.98. The van der Waals surface area contributed by atoms with E-state index >= 15 is 0 Å². The van der Waals surface area contributed by atoms with Crippen molar-refractivity contribution in [2.75, 3.05) is 12.4 Å². The first kappa shape index (κ1) is 9.91. The summed E-state index contributed by atoms with van der Waals surface area (Å²) in [5, 5.41) is 4.00. The lowest BCUT2D eigenvalue weighted by Crippen LogP contribution is -1.84. The maximum absolute atomic E-state index is 4.24. The maximum Gasteiger partial charge on any atom is 0.182 e. The molecule has 1 heterocycles. The maximum atomic E-state index is 4.24. The van der Waals surface area contributed by atoms with E-state index in [0.717, 1.165) is 10.8 Å². The van der Waals surface area contributed by atoms with Crippen LogP contribution in [0.3, 0.4) is 0 Å². The topological polar surface area (TPSA) is 24.9 Å². The van der Waals surface area contributed by atoms with Gasteiger partial charge in [0.05, 0.1) is 5.69 Å². The minimum Gasteiger partial charge on any atom is -0.365 e. The Morgan fingerprint density at radius 1 is 1.40 bits per heavy atom. The smallest absolute Gasteiger partial charge is 0.182 e. The van der Waals surface area contributed by atoms with E-state index in [1.54, 1.807) is 11.3 Å². The van der Waals surface area contributed by atoms with Crippen LogP contribution in [0.5, 0.6) is 0 Å². The number of aromatic nitrogens is 1. The molecule has 0 fully saturated rings. The summed E-state index contributed by atoms with van der Waals surface area (Å²) in [6.45, 7) is 4.10. The van der Waals surface area contributed by atoms with Gasteiger partial charge in [0.2, 0.25) is 0 Å². The fourth-order valence-electron chi connectivity index (χ4n) is 0.580. The van der Waals surface area contributed by atoms with Crippen molar-refractivity contribution in [1.82, 2.24) is 4.98 Å². The molecule has 0 atom stereocenters. The summed E-state index contributed by atoms with van der Waals surface area (Å²) in [7, 11) is 1.89. The molecule has 1 aromatic rings. The second kappa shape index (κ2) is 3.93. The van der Waals surface area contributed by atoms with Gasteiger partial charge in [-0.15, -0.1) is 28.3 Å². The highest BCUT2D eigenvalue weighted by atomic mass is 79.9. The third kappa shape index (κ3) is 1.95. The number of nitrogens with zero attached hydrogens (tertiary/aromatic N) is 1. The minimum absolute atomic E-state index is 0. The third-order valence-electron chi connectivity index (χ3n) is 1.24. The van der Waals surface area contributed by atoms with Crippen LogP contribution in [0.2, 0.25) is 0 Å². The molecule has 1 N–H and O–H groups in total. The Kier molecular flexibility index (Phi) is 3.89. The van der Waals surface area contributed by atoms with E-state index in [1.807, 2.05) is 14.0 Å². The first-order chi connectivity index (χ1) is 4.24. The van der Waals surface area contributed by atoms with Crippen molar-refractivity contribution in [2.45, 2.75) is 13.8 Å². The molecule has 4 heteroatoms. The van der Waals surface area contributed by atoms with Gasteiger partial charge < -0.3 is 5.32 Å². The van der Waals surface area contributed by atoms with Gasteiger partial charge in [-0.25, -0.2) is 4.98 Å². The Morgan fingerprint density at radius 3 is 2.20 bits per heavy atom. The van der Waals surface area contributed by atoms with E-state index in [1.165, 1.54) is 4.88 Å². The molecule has 0 bridgehead atoms. The monoisotopic (exact) mass is 222 g/mol. The Bertz CT molecular complexity index is 190. The Morgan fingerprint density at radius 2 is 2.00 bits per heavy atom. The number of anilines is 1. The van der Waals surface area contributed by atoms with E-state index in [2.05, 4.69) is 17.2 Å². The minimum atomic E-state index is 0. The van der Waals surface area contributed by atoms with Gasteiger partial charge in [-0.05, 0) is 13.8 Å². The molecule has 0 aliphatic rings. The molecule has 0 aromatic carbocycles. The number of thiazole rings is 1.